The Hall–Kier alpha value is -1.85. The Kier molecular flexibility index (Phi) is 6.79. The zero-order valence-corrected chi connectivity index (χ0v) is 17.4. The number of aromatic nitrogens is 1. The number of piperidine rings is 3. The van der Waals surface area contributed by atoms with Crippen LogP contribution in [0.1, 0.15) is 12.8 Å². The van der Waals surface area contributed by atoms with Crippen molar-refractivity contribution in [2.75, 3.05) is 38.0 Å². The van der Waals surface area contributed by atoms with Gasteiger partial charge < -0.3 is 15.8 Å². The number of fused-ring (bicyclic) bond motifs is 3. The molecule has 5 N–H and O–H groups in total. The smallest absolute Gasteiger partial charge is 0.234 e. The average Bonchev–Trinajstić information content (AvgIpc) is 2.77. The molecule has 2 bridgehead atoms. The van der Waals surface area contributed by atoms with Gasteiger partial charge in [-0.05, 0) is 31.8 Å². The molecule has 30 heavy (non-hydrogen) atoms. The summed E-state index contributed by atoms with van der Waals surface area (Å²) in [7, 11) is 0. The molecule has 0 radical (unpaired) electrons. The fourth-order valence-electron chi connectivity index (χ4n) is 4.48. The number of hydrogen-bond acceptors (Lipinski definition) is 9. The summed E-state index contributed by atoms with van der Waals surface area (Å²) in [6, 6.07) is 1.75. The molecule has 1 aromatic heterocycles. The Bertz CT molecular complexity index is 753. The van der Waals surface area contributed by atoms with Crippen molar-refractivity contribution < 1.29 is 9.53 Å². The quantitative estimate of drug-likeness (QED) is 0.353. The number of nitrogens with one attached hydrogen (secondary N) is 3. The van der Waals surface area contributed by atoms with Gasteiger partial charge in [0.15, 0.2) is 6.17 Å². The number of ether oxygens (including phenoxy) is 1. The van der Waals surface area contributed by atoms with Crippen molar-refractivity contribution in [3.63, 3.8) is 0 Å². The molecule has 4 saturated heterocycles. The number of nitrogens with zero attached hydrogens (tertiary/aromatic N) is 3. The molecule has 0 aromatic carbocycles. The van der Waals surface area contributed by atoms with E-state index in [1.54, 1.807) is 18.5 Å². The topological polar surface area (TPSA) is 134 Å². The van der Waals surface area contributed by atoms with E-state index in [4.69, 9.17) is 22.1 Å². The summed E-state index contributed by atoms with van der Waals surface area (Å²) in [5.41, 5.74) is 6.31. The lowest BCUT2D eigenvalue weighted by atomic mass is 9.86. The summed E-state index contributed by atoms with van der Waals surface area (Å²) >= 11 is 6.08. The molecule has 10 nitrogen and oxygen atoms in total. The summed E-state index contributed by atoms with van der Waals surface area (Å²) in [6.07, 6.45) is 3.78. The minimum atomic E-state index is -1.22. The van der Waals surface area contributed by atoms with E-state index in [9.17, 15) is 9.70 Å². The fraction of sp³-hybridized carbons (Fsp3) is 0.684. The molecular formula is C19H28ClN7O3. The largest absolute Gasteiger partial charge is 0.487 e. The lowest BCUT2D eigenvalue weighted by molar-refractivity contribution is -0.121. The highest BCUT2D eigenvalue weighted by Gasteiger charge is 2.38. The van der Waals surface area contributed by atoms with E-state index in [0.717, 1.165) is 32.5 Å². The molecule has 1 aromatic rings. The van der Waals surface area contributed by atoms with Crippen LogP contribution in [0.25, 0.3) is 0 Å². The Morgan fingerprint density at radius 3 is 2.73 bits per heavy atom. The van der Waals surface area contributed by atoms with Gasteiger partial charge in [-0.3, -0.25) is 25.3 Å². The van der Waals surface area contributed by atoms with Crippen molar-refractivity contribution in [3.8, 4) is 5.75 Å². The summed E-state index contributed by atoms with van der Waals surface area (Å²) in [5, 5.41) is 11.8. The number of rotatable bonds is 7. The van der Waals surface area contributed by atoms with E-state index in [2.05, 4.69) is 31.0 Å². The predicted octanol–water partition coefficient (Wildman–Crippen LogP) is 0.287. The maximum Gasteiger partial charge on any atom is 0.234 e. The zero-order valence-electron chi connectivity index (χ0n) is 16.7. The van der Waals surface area contributed by atoms with Crippen molar-refractivity contribution >= 4 is 23.2 Å². The van der Waals surface area contributed by atoms with Gasteiger partial charge in [0.2, 0.25) is 5.91 Å². The monoisotopic (exact) mass is 437 g/mol. The van der Waals surface area contributed by atoms with Crippen molar-refractivity contribution in [2.45, 2.75) is 36.7 Å². The Balaban J connectivity index is 1.47. The third-order valence-electron chi connectivity index (χ3n) is 6.18. The summed E-state index contributed by atoms with van der Waals surface area (Å²) in [6.45, 7) is 4.11. The molecule has 0 saturated carbocycles. The molecule has 0 aliphatic carbocycles. The molecule has 3 unspecified atom stereocenters. The van der Waals surface area contributed by atoms with Gasteiger partial charge in [0, 0.05) is 31.9 Å². The third kappa shape index (κ3) is 4.73. The van der Waals surface area contributed by atoms with Crippen LogP contribution in [0.15, 0.2) is 23.6 Å². The van der Waals surface area contributed by atoms with Gasteiger partial charge in [0.1, 0.15) is 23.5 Å². The average molecular weight is 438 g/mol. The molecule has 1 amide bonds. The number of amides is 1. The van der Waals surface area contributed by atoms with E-state index < -0.39 is 24.2 Å². The van der Waals surface area contributed by atoms with E-state index in [1.165, 1.54) is 0 Å². The third-order valence-corrected chi connectivity index (χ3v) is 6.49. The zero-order chi connectivity index (χ0) is 21.1. The van der Waals surface area contributed by atoms with Crippen LogP contribution < -0.4 is 26.4 Å². The van der Waals surface area contributed by atoms with Crippen LogP contribution in [0, 0.1) is 16.7 Å². The van der Waals surface area contributed by atoms with Gasteiger partial charge in [0.05, 0.1) is 17.7 Å². The molecule has 5 rings (SSSR count). The number of hydrogen-bond donors (Lipinski definition) is 4. The second kappa shape index (κ2) is 9.52. The van der Waals surface area contributed by atoms with Gasteiger partial charge in [-0.25, -0.2) is 0 Å². The molecule has 4 fully saturated rings. The Labute approximate surface area is 180 Å². The van der Waals surface area contributed by atoms with Gasteiger partial charge in [-0.2, -0.15) is 0 Å². The summed E-state index contributed by atoms with van der Waals surface area (Å²) in [5.74, 6) is -0.274. The van der Waals surface area contributed by atoms with Crippen LogP contribution in [0.5, 0.6) is 5.75 Å². The van der Waals surface area contributed by atoms with E-state index in [1.807, 2.05) is 0 Å². The van der Waals surface area contributed by atoms with Crippen LogP contribution in [0.2, 0.25) is 0 Å². The number of carbonyl (C=O) groups excluding carboxylic acids is 1. The minimum absolute atomic E-state index is 0.0857. The highest BCUT2D eigenvalue weighted by Crippen LogP contribution is 2.33. The first-order chi connectivity index (χ1) is 14.5. The van der Waals surface area contributed by atoms with Crippen LogP contribution >= 0.6 is 11.6 Å². The number of alkyl halides is 1. The molecule has 11 heteroatoms. The van der Waals surface area contributed by atoms with Crippen molar-refractivity contribution in [2.24, 2.45) is 22.7 Å². The maximum atomic E-state index is 13.1. The minimum Gasteiger partial charge on any atom is -0.487 e. The lowest BCUT2D eigenvalue weighted by Gasteiger charge is -2.44. The van der Waals surface area contributed by atoms with E-state index in [-0.39, 0.29) is 11.5 Å². The molecule has 3 atom stereocenters. The Morgan fingerprint density at radius 1 is 1.37 bits per heavy atom. The van der Waals surface area contributed by atoms with Crippen LogP contribution in [-0.4, -0.2) is 72.3 Å². The normalized spacial score (nSPS) is 32.8. The molecule has 0 spiro atoms. The summed E-state index contributed by atoms with van der Waals surface area (Å²) < 4.78 is 6.29. The lowest BCUT2D eigenvalue weighted by Crippen LogP contribution is -2.62. The van der Waals surface area contributed by atoms with Gasteiger partial charge >= 0.3 is 0 Å². The van der Waals surface area contributed by atoms with Crippen molar-refractivity contribution in [1.82, 2.24) is 20.5 Å². The number of nitroso groups, excluding NO2 is 1. The first kappa shape index (κ1) is 21.4. The standard InChI is InChI=1S/C19H28ClN7O3/c20-12-7-23-18(24-8-12)16(17(21)26-29)19(28)25-13-9-22-4-1-14(13)30-15-10-27-5-2-11(15)3-6-27/h1,4,9,11-12,15-18,23-24H,2-3,5-8,10,21H2,(H,25,28). The number of nitrogens with two attached hydrogens (primary N) is 1. The SMILES string of the molecule is NC(N=O)C(C(=O)Nc1cnccc1OC1CN2CCC1CC2)C1NCC(Cl)CN1. The highest BCUT2D eigenvalue weighted by molar-refractivity contribution is 6.21. The van der Waals surface area contributed by atoms with Crippen molar-refractivity contribution in [3.05, 3.63) is 23.4 Å². The fourth-order valence-corrected chi connectivity index (χ4v) is 4.66. The number of pyridine rings is 1. The summed E-state index contributed by atoms with van der Waals surface area (Å²) in [4.78, 5) is 30.7. The molecule has 4 aliphatic heterocycles. The van der Waals surface area contributed by atoms with E-state index in [0.29, 0.717) is 30.4 Å². The van der Waals surface area contributed by atoms with Crippen LogP contribution in [0.4, 0.5) is 5.69 Å². The molecule has 5 heterocycles. The second-order valence-electron chi connectivity index (χ2n) is 8.17. The van der Waals surface area contributed by atoms with Crippen LogP contribution in [-0.2, 0) is 4.79 Å². The maximum absolute atomic E-state index is 13.1. The van der Waals surface area contributed by atoms with Gasteiger partial charge in [0.25, 0.3) is 0 Å². The van der Waals surface area contributed by atoms with Crippen LogP contribution in [0.3, 0.4) is 0 Å². The van der Waals surface area contributed by atoms with Gasteiger partial charge in [-0.15, -0.1) is 16.5 Å². The Morgan fingerprint density at radius 2 is 2.10 bits per heavy atom. The van der Waals surface area contributed by atoms with E-state index >= 15 is 0 Å². The molecule has 4 aliphatic rings. The number of halogens is 1. The van der Waals surface area contributed by atoms with Gasteiger partial charge in [-0.1, -0.05) is 5.18 Å². The molecule has 164 valence electrons. The first-order valence-electron chi connectivity index (χ1n) is 10.4. The second-order valence-corrected chi connectivity index (χ2v) is 8.79. The van der Waals surface area contributed by atoms with Crippen molar-refractivity contribution in [1.29, 1.82) is 0 Å². The predicted molar refractivity (Wildman–Crippen MR) is 113 cm³/mol. The number of carbonyl (C=O) groups is 1. The first-order valence-corrected chi connectivity index (χ1v) is 10.8. The number of anilines is 1. The highest BCUT2D eigenvalue weighted by atomic mass is 35.5. The molecular weight excluding hydrogens is 410 g/mol.